The molecule has 3 aromatic heterocycles. The van der Waals surface area contributed by atoms with Crippen LogP contribution in [0.1, 0.15) is 41.8 Å². The summed E-state index contributed by atoms with van der Waals surface area (Å²) in [6.45, 7) is 3.39. The molecule has 4 aromatic rings. The number of aromatic nitrogens is 3. The number of aryl methyl sites for hydroxylation is 2. The van der Waals surface area contributed by atoms with Gasteiger partial charge in [-0.3, -0.25) is 4.98 Å². The van der Waals surface area contributed by atoms with Crippen LogP contribution >= 0.6 is 0 Å². The zero-order valence-corrected chi connectivity index (χ0v) is 22.4. The van der Waals surface area contributed by atoms with Crippen molar-refractivity contribution < 1.29 is 35.5 Å². The van der Waals surface area contributed by atoms with Crippen LogP contribution in [0.3, 0.4) is 0 Å². The summed E-state index contributed by atoms with van der Waals surface area (Å²) in [5.74, 6) is 0.136. The van der Waals surface area contributed by atoms with Crippen molar-refractivity contribution in [2.75, 3.05) is 19.9 Å². The maximum Gasteiger partial charge on any atom is 0.450 e. The highest BCUT2D eigenvalue weighted by molar-refractivity contribution is 7.89. The smallest absolute Gasteiger partial charge is 0.450 e. The summed E-state index contributed by atoms with van der Waals surface area (Å²) in [6, 6.07) is 12.1. The van der Waals surface area contributed by atoms with Crippen molar-refractivity contribution in [2.45, 2.75) is 43.7 Å². The number of H-pyrrole nitrogens is 1. The first-order valence-corrected chi connectivity index (χ1v) is 14.1. The number of pyridine rings is 1. The molecular formula is C27H25F3N4O5S. The van der Waals surface area contributed by atoms with E-state index < -0.39 is 26.9 Å². The second kappa shape index (κ2) is 9.66. The van der Waals surface area contributed by atoms with Crippen LogP contribution in [0.4, 0.5) is 13.2 Å². The quantitative estimate of drug-likeness (QED) is 0.327. The molecule has 0 saturated carbocycles. The van der Waals surface area contributed by atoms with Crippen molar-refractivity contribution in [1.82, 2.24) is 19.3 Å². The molecule has 0 unspecified atom stereocenters. The standard InChI is InChI=1S/C27H25F3N4O5S/c1-15-4-3-5-19(31-15)24-23(18-6-7-20-21(13-18)38-14-37-20)32-26(33-24)17-8-10-34(11-9-17)40(35,36)22-12-16(2)39-25(22)27(28,29)30/h3-7,12-13,17H,8-11,14H2,1-2H3,(H,32,33). The number of ether oxygens (including phenoxy) is 2. The third-order valence-corrected chi connectivity index (χ3v) is 8.95. The maximum atomic E-state index is 13.5. The number of imidazole rings is 1. The van der Waals surface area contributed by atoms with Crippen molar-refractivity contribution in [3.05, 3.63) is 65.5 Å². The summed E-state index contributed by atoms with van der Waals surface area (Å²) in [5, 5.41) is 0. The molecule has 0 amide bonds. The van der Waals surface area contributed by atoms with Gasteiger partial charge in [0.15, 0.2) is 11.5 Å². The van der Waals surface area contributed by atoms with Gasteiger partial charge in [0.1, 0.15) is 16.5 Å². The zero-order chi connectivity index (χ0) is 28.2. The topological polar surface area (TPSA) is 111 Å². The highest BCUT2D eigenvalue weighted by Crippen LogP contribution is 2.41. The summed E-state index contributed by atoms with van der Waals surface area (Å²) < 4.78 is 83.5. The first-order valence-electron chi connectivity index (χ1n) is 12.6. The molecule has 9 nitrogen and oxygen atoms in total. The van der Waals surface area contributed by atoms with Crippen LogP contribution in [0, 0.1) is 13.8 Å². The number of hydrogen-bond acceptors (Lipinski definition) is 7. The lowest BCUT2D eigenvalue weighted by atomic mass is 9.97. The lowest BCUT2D eigenvalue weighted by molar-refractivity contribution is -0.156. The number of aromatic amines is 1. The summed E-state index contributed by atoms with van der Waals surface area (Å²) >= 11 is 0. The van der Waals surface area contributed by atoms with Crippen molar-refractivity contribution in [1.29, 1.82) is 0 Å². The van der Waals surface area contributed by atoms with Crippen molar-refractivity contribution in [3.8, 4) is 34.1 Å². The number of alkyl halides is 3. The monoisotopic (exact) mass is 574 g/mol. The molecule has 0 spiro atoms. The largest absolute Gasteiger partial charge is 0.455 e. The molecule has 0 aliphatic carbocycles. The number of halogens is 3. The lowest BCUT2D eigenvalue weighted by Gasteiger charge is -2.30. The van der Waals surface area contributed by atoms with E-state index in [0.717, 1.165) is 21.6 Å². The van der Waals surface area contributed by atoms with E-state index in [-0.39, 0.29) is 31.6 Å². The minimum absolute atomic E-state index is 0.0343. The predicted octanol–water partition coefficient (Wildman–Crippen LogP) is 5.66. The Morgan fingerprint density at radius 1 is 1.00 bits per heavy atom. The summed E-state index contributed by atoms with van der Waals surface area (Å²) in [4.78, 5) is 12.1. The normalized spacial score (nSPS) is 16.5. The highest BCUT2D eigenvalue weighted by atomic mass is 32.2. The van der Waals surface area contributed by atoms with Gasteiger partial charge in [-0.15, -0.1) is 0 Å². The molecule has 40 heavy (non-hydrogen) atoms. The number of benzene rings is 1. The SMILES string of the molecule is Cc1cccc(-c2[nH]c(C3CCN(S(=O)(=O)c4cc(C)oc4C(F)(F)F)CC3)nc2-c2ccc3c(c2)OCO3)n1. The van der Waals surface area contributed by atoms with Gasteiger partial charge in [0, 0.05) is 36.3 Å². The van der Waals surface area contributed by atoms with Crippen LogP contribution < -0.4 is 9.47 Å². The van der Waals surface area contributed by atoms with Crippen LogP contribution in [-0.4, -0.2) is 47.6 Å². The Hall–Kier alpha value is -3.84. The molecule has 1 aromatic carbocycles. The van der Waals surface area contributed by atoms with Crippen LogP contribution in [0.25, 0.3) is 22.6 Å². The number of nitrogens with one attached hydrogen (secondary N) is 1. The van der Waals surface area contributed by atoms with Crippen LogP contribution in [0.15, 0.2) is 51.8 Å². The van der Waals surface area contributed by atoms with E-state index in [1.54, 1.807) is 0 Å². The Kier molecular flexibility index (Phi) is 6.37. The zero-order valence-electron chi connectivity index (χ0n) is 21.6. The minimum Gasteiger partial charge on any atom is -0.455 e. The number of hydrogen-bond donors (Lipinski definition) is 1. The molecule has 1 fully saturated rings. The Morgan fingerprint density at radius 2 is 1.75 bits per heavy atom. The molecule has 0 radical (unpaired) electrons. The second-order valence-electron chi connectivity index (χ2n) is 9.80. The molecule has 1 N–H and O–H groups in total. The number of fused-ring (bicyclic) bond motifs is 1. The van der Waals surface area contributed by atoms with Crippen molar-refractivity contribution in [2.24, 2.45) is 0 Å². The van der Waals surface area contributed by atoms with E-state index in [1.807, 2.05) is 43.3 Å². The third kappa shape index (κ3) is 4.73. The molecule has 2 aliphatic rings. The van der Waals surface area contributed by atoms with E-state index in [4.69, 9.17) is 18.9 Å². The molecule has 0 atom stereocenters. The van der Waals surface area contributed by atoms with E-state index in [9.17, 15) is 21.6 Å². The summed E-state index contributed by atoms with van der Waals surface area (Å²) in [7, 11) is -4.41. The Labute approximate surface area is 228 Å². The second-order valence-corrected chi connectivity index (χ2v) is 11.7. The molecule has 1 saturated heterocycles. The fourth-order valence-corrected chi connectivity index (χ4v) is 6.77. The van der Waals surface area contributed by atoms with E-state index in [0.29, 0.717) is 47.2 Å². The van der Waals surface area contributed by atoms with Gasteiger partial charge in [-0.05, 0) is 57.0 Å². The van der Waals surface area contributed by atoms with E-state index in [1.165, 1.54) is 6.92 Å². The number of piperidine rings is 1. The number of furan rings is 1. The van der Waals surface area contributed by atoms with Gasteiger partial charge in [-0.25, -0.2) is 13.4 Å². The first-order chi connectivity index (χ1) is 19.0. The number of sulfonamides is 1. The average molecular weight is 575 g/mol. The predicted molar refractivity (Wildman–Crippen MR) is 137 cm³/mol. The van der Waals surface area contributed by atoms with Gasteiger partial charge in [0.05, 0.1) is 17.1 Å². The Morgan fingerprint density at radius 3 is 2.48 bits per heavy atom. The van der Waals surface area contributed by atoms with Crippen molar-refractivity contribution >= 4 is 10.0 Å². The average Bonchev–Trinajstić information content (AvgIpc) is 3.66. The van der Waals surface area contributed by atoms with Gasteiger partial charge < -0.3 is 18.9 Å². The van der Waals surface area contributed by atoms with Crippen LogP contribution in [0.2, 0.25) is 0 Å². The molecule has 13 heteroatoms. The number of rotatable bonds is 5. The number of nitrogens with zero attached hydrogens (tertiary/aromatic N) is 3. The minimum atomic E-state index is -4.92. The third-order valence-electron chi connectivity index (χ3n) is 7.05. The molecule has 2 aliphatic heterocycles. The molecular weight excluding hydrogens is 549 g/mol. The van der Waals surface area contributed by atoms with Crippen LogP contribution in [0.5, 0.6) is 11.5 Å². The molecule has 0 bridgehead atoms. The summed E-state index contributed by atoms with van der Waals surface area (Å²) in [6.07, 6.45) is -4.19. The van der Waals surface area contributed by atoms with Gasteiger partial charge in [-0.1, -0.05) is 6.07 Å². The Balaban J connectivity index is 1.29. The van der Waals surface area contributed by atoms with E-state index >= 15 is 0 Å². The van der Waals surface area contributed by atoms with Gasteiger partial charge in [0.25, 0.3) is 0 Å². The Bertz CT molecular complexity index is 1690. The molecule has 6 rings (SSSR count). The highest BCUT2D eigenvalue weighted by Gasteiger charge is 2.44. The maximum absolute atomic E-state index is 13.5. The molecule has 210 valence electrons. The fourth-order valence-electron chi connectivity index (χ4n) is 5.09. The van der Waals surface area contributed by atoms with E-state index in [2.05, 4.69) is 9.97 Å². The summed E-state index contributed by atoms with van der Waals surface area (Å²) in [5.41, 5.74) is 3.68. The van der Waals surface area contributed by atoms with Gasteiger partial charge in [0.2, 0.25) is 22.6 Å². The molecule has 5 heterocycles. The lowest BCUT2D eigenvalue weighted by Crippen LogP contribution is -2.38. The first kappa shape index (κ1) is 26.4. The van der Waals surface area contributed by atoms with Gasteiger partial charge in [-0.2, -0.15) is 17.5 Å². The van der Waals surface area contributed by atoms with Crippen molar-refractivity contribution in [3.63, 3.8) is 0 Å². The fraction of sp³-hybridized carbons (Fsp3) is 0.333. The van der Waals surface area contributed by atoms with Gasteiger partial charge >= 0.3 is 6.18 Å². The van der Waals surface area contributed by atoms with Crippen LogP contribution in [-0.2, 0) is 16.2 Å².